The topological polar surface area (TPSA) is 360 Å². The van der Waals surface area contributed by atoms with E-state index in [1.54, 1.807) is 0 Å². The molecule has 9 N–H and O–H groups in total. The third kappa shape index (κ3) is 9.28. The van der Waals surface area contributed by atoms with E-state index in [1.807, 2.05) is 0 Å². The first-order valence-electron chi connectivity index (χ1n) is 16.1. The number of rotatable bonds is 14. The van der Waals surface area contributed by atoms with Crippen molar-refractivity contribution in [2.45, 2.75) is 67.8 Å². The minimum Gasteiger partial charge on any atom is -0.556 e. The molecule has 24 heteroatoms. The average molecular weight is 821 g/mol. The van der Waals surface area contributed by atoms with Crippen molar-refractivity contribution in [2.24, 2.45) is 0 Å². The van der Waals surface area contributed by atoms with E-state index in [-0.39, 0.29) is 34.1 Å². The highest BCUT2D eigenvalue weighted by Gasteiger charge is 2.51. The summed E-state index contributed by atoms with van der Waals surface area (Å²) in [4.78, 5) is 35.7. The molecule has 0 bridgehead atoms. The van der Waals surface area contributed by atoms with E-state index >= 15 is 0 Å². The lowest BCUT2D eigenvalue weighted by Crippen LogP contribution is -2.61. The third-order valence-corrected chi connectivity index (χ3v) is 8.91. The van der Waals surface area contributed by atoms with Gasteiger partial charge in [-0.1, -0.05) is 0 Å². The Labute approximate surface area is 315 Å². The normalized spacial score (nSPS) is 28.9. The number of aliphatic hydroxyl groups is 6. The summed E-state index contributed by atoms with van der Waals surface area (Å²) >= 11 is 0. The molecule has 1 aliphatic carbocycles. The zero-order chi connectivity index (χ0) is 41.2. The first-order chi connectivity index (χ1) is 26.3. The van der Waals surface area contributed by atoms with Gasteiger partial charge in [-0.3, -0.25) is 14.4 Å². The van der Waals surface area contributed by atoms with Crippen LogP contribution in [-0.2, 0) is 43.0 Å². The van der Waals surface area contributed by atoms with Crippen LogP contribution in [-0.4, -0.2) is 151 Å². The molecule has 2 saturated heterocycles. The number of ether oxygens (including phenoxy) is 7. The van der Waals surface area contributed by atoms with Gasteiger partial charge in [-0.15, -0.1) is 4.18 Å². The summed E-state index contributed by atoms with van der Waals surface area (Å²) in [5.41, 5.74) is -1.01. The van der Waals surface area contributed by atoms with Crippen molar-refractivity contribution in [1.82, 2.24) is 0 Å². The number of carbonyl (C=O) groups is 2. The monoisotopic (exact) mass is 820 g/mol. The molecule has 0 saturated carbocycles. The van der Waals surface area contributed by atoms with Gasteiger partial charge in [-0.05, 0) is 22.4 Å². The van der Waals surface area contributed by atoms with E-state index in [4.69, 9.17) is 42.7 Å². The van der Waals surface area contributed by atoms with Crippen LogP contribution in [0.25, 0.3) is 22.6 Å². The fourth-order valence-electron chi connectivity index (χ4n) is 5.72. The first kappa shape index (κ1) is 42.4. The van der Waals surface area contributed by atoms with E-state index < -0.39 is 126 Å². The lowest BCUT2D eigenvalue weighted by Gasteiger charge is -2.40. The molecule has 308 valence electrons. The number of benzene rings is 2. The van der Waals surface area contributed by atoms with Crippen molar-refractivity contribution in [3.63, 3.8) is 0 Å². The van der Waals surface area contributed by atoms with E-state index in [1.165, 1.54) is 26.4 Å². The van der Waals surface area contributed by atoms with Gasteiger partial charge in [-0.25, -0.2) is 0 Å². The number of phenolic OH excluding ortho intramolecular Hbond substituents is 1. The molecule has 1 unspecified atom stereocenters. The van der Waals surface area contributed by atoms with Gasteiger partial charge in [0, 0.05) is 17.7 Å². The van der Waals surface area contributed by atoms with Gasteiger partial charge >= 0.3 is 22.7 Å². The van der Waals surface area contributed by atoms with E-state index in [9.17, 15) is 63.4 Å². The zero-order valence-corrected chi connectivity index (χ0v) is 29.7. The Kier molecular flexibility index (Phi) is 13.0. The average Bonchev–Trinajstić information content (AvgIpc) is 3.13. The Morgan fingerprint density at radius 3 is 2.02 bits per heavy atom. The first-order valence-corrected chi connectivity index (χ1v) is 17.5. The summed E-state index contributed by atoms with van der Waals surface area (Å²) in [5.74, 6) is -5.07. The molecule has 5 rings (SSSR count). The minimum atomic E-state index is -5.42. The maximum Gasteiger partial charge on any atom is 0.334 e. The van der Waals surface area contributed by atoms with Gasteiger partial charge in [0.2, 0.25) is 24.4 Å². The largest absolute Gasteiger partial charge is 0.556 e. The van der Waals surface area contributed by atoms with Crippen LogP contribution in [0.15, 0.2) is 39.5 Å². The molecule has 23 nitrogen and oxygen atoms in total. The molecule has 3 heterocycles. The standard InChI is InChI=1S/C32H36O23S/c1-47-16-3-11(4-17(48-2)23(16)38)29-18(52-31-28(43)26(41)24(39)19(9-33)53-31)7-13-14(50-29)5-12(34)6-15(13)51-32-30(55-56(44,45)46)27(42)25(40)20(54-32)10-49-22(37)8-21(35)36/h3-7,19-20,24-28,30-33,39-43H,8-10H2,1-2H3,(H3-,34,35,36,38,44,45,46)/t19-,20-,24+,25+,26+,27+,28-,30+,31-,32-/m1/s1. The Balaban J connectivity index is 1.63. The lowest BCUT2D eigenvalue weighted by molar-refractivity contribution is -0.277. The molecule has 4 aliphatic rings. The third-order valence-electron chi connectivity index (χ3n) is 8.45. The highest BCUT2D eigenvalue weighted by atomic mass is 32.3. The molecule has 2 fully saturated rings. The fraction of sp³-hybridized carbons (Fsp3) is 0.469. The van der Waals surface area contributed by atoms with Crippen LogP contribution >= 0.6 is 0 Å². The highest BCUT2D eigenvalue weighted by molar-refractivity contribution is 7.87. The van der Waals surface area contributed by atoms with Gasteiger partial charge in [0.15, 0.2) is 28.4 Å². The summed E-state index contributed by atoms with van der Waals surface area (Å²) < 4.78 is 81.5. The summed E-state index contributed by atoms with van der Waals surface area (Å²) in [6.45, 7) is -1.74. The number of carboxylic acid groups (broad SMARTS) is 1. The number of aliphatic carboxylic acids is 1. The second-order valence-electron chi connectivity index (χ2n) is 12.2. The second kappa shape index (κ2) is 17.2. The Morgan fingerprint density at radius 2 is 1.43 bits per heavy atom. The number of aromatic hydroxyl groups is 1. The molecule has 0 spiro atoms. The summed E-state index contributed by atoms with van der Waals surface area (Å²) in [5, 5.41) is 82.0. The number of carboxylic acids is 1. The van der Waals surface area contributed by atoms with Crippen LogP contribution in [0.1, 0.15) is 6.42 Å². The smallest absolute Gasteiger partial charge is 0.334 e. The molecule has 1 aromatic carbocycles. The number of phenols is 1. The van der Waals surface area contributed by atoms with Gasteiger partial charge in [0.05, 0.1) is 26.4 Å². The molecule has 56 heavy (non-hydrogen) atoms. The summed E-state index contributed by atoms with van der Waals surface area (Å²) in [6, 6.07) is 5.40. The number of hydrogen-bond donors (Lipinski definition) is 9. The van der Waals surface area contributed by atoms with Crippen molar-refractivity contribution in [3.8, 4) is 51.4 Å². The second-order valence-corrected chi connectivity index (χ2v) is 13.2. The van der Waals surface area contributed by atoms with Crippen molar-refractivity contribution in [3.05, 3.63) is 40.6 Å². The van der Waals surface area contributed by atoms with Crippen LogP contribution < -0.4 is 24.4 Å². The molecular weight excluding hydrogens is 784 g/mol. The summed E-state index contributed by atoms with van der Waals surface area (Å²) in [6.07, 6.45) is -20.6. The highest BCUT2D eigenvalue weighted by Crippen LogP contribution is 2.47. The SMILES string of the molecule is COc1cc(-c2oc3cc(=O)cc(O[C@@H]4O[C@H](COC(=O)CC(=O)O)[C@H](O)[C@H](O)[C@@H]4O[S+](=O)([O-])O)c-3cc2O[C@@H]2O[C@H](CO)[C@H](O)[C@H](O)[C@H]2O)cc(OC)c1O. The molecular formula is C32H36O23S. The number of fused-ring (bicyclic) bond motifs is 1. The quantitative estimate of drug-likeness (QED) is 0.0463. The zero-order valence-electron chi connectivity index (χ0n) is 28.9. The molecule has 3 aliphatic heterocycles. The van der Waals surface area contributed by atoms with E-state index in [2.05, 4.69) is 4.18 Å². The lowest BCUT2D eigenvalue weighted by atomic mass is 9.99. The number of carbonyl (C=O) groups excluding carboxylic acids is 1. The molecule has 0 amide bonds. The predicted molar refractivity (Wildman–Crippen MR) is 177 cm³/mol. The maximum atomic E-state index is 13.0. The minimum absolute atomic E-state index is 0.0337. The van der Waals surface area contributed by atoms with Crippen LogP contribution in [0.3, 0.4) is 0 Å². The van der Waals surface area contributed by atoms with Gasteiger partial charge < -0.3 is 83.0 Å². The van der Waals surface area contributed by atoms with Crippen LogP contribution in [0.5, 0.6) is 28.7 Å². The Morgan fingerprint density at radius 1 is 0.821 bits per heavy atom. The Bertz CT molecular complexity index is 1930. The van der Waals surface area contributed by atoms with Crippen molar-refractivity contribution in [2.75, 3.05) is 27.4 Å². The maximum absolute atomic E-state index is 13.0. The van der Waals surface area contributed by atoms with Crippen LogP contribution in [0.4, 0.5) is 0 Å². The molecule has 0 aromatic heterocycles. The molecule has 1 aromatic rings. The number of methoxy groups -OCH3 is 2. The van der Waals surface area contributed by atoms with Gasteiger partial charge in [0.1, 0.15) is 67.3 Å². The number of hydrogen-bond acceptors (Lipinski definition) is 21. The number of aliphatic hydroxyl groups excluding tert-OH is 6. The van der Waals surface area contributed by atoms with Crippen molar-refractivity contribution >= 4 is 22.7 Å². The summed E-state index contributed by atoms with van der Waals surface area (Å²) in [7, 11) is -2.97. The van der Waals surface area contributed by atoms with E-state index in [0.717, 1.165) is 18.2 Å². The fourth-order valence-corrected chi connectivity index (χ4v) is 6.20. The number of esters is 1. The van der Waals surface area contributed by atoms with Crippen LogP contribution in [0.2, 0.25) is 0 Å². The predicted octanol–water partition coefficient (Wildman–Crippen LogP) is -2.44. The van der Waals surface area contributed by atoms with Gasteiger partial charge in [-0.2, -0.15) is 4.55 Å². The van der Waals surface area contributed by atoms with Crippen molar-refractivity contribution < 1.29 is 106 Å². The van der Waals surface area contributed by atoms with E-state index in [0.29, 0.717) is 0 Å². The Hall–Kier alpha value is -4.70. The molecule has 0 radical (unpaired) electrons. The van der Waals surface area contributed by atoms with Crippen LogP contribution in [0, 0.1) is 0 Å². The molecule has 11 atom stereocenters. The van der Waals surface area contributed by atoms with Gasteiger partial charge in [0.25, 0.3) is 0 Å². The van der Waals surface area contributed by atoms with Crippen molar-refractivity contribution in [1.29, 1.82) is 0 Å².